The summed E-state index contributed by atoms with van der Waals surface area (Å²) in [6.45, 7) is 4.19. The van der Waals surface area contributed by atoms with E-state index in [2.05, 4.69) is 4.72 Å². The summed E-state index contributed by atoms with van der Waals surface area (Å²) in [6, 6.07) is 1.35. The molecule has 0 saturated carbocycles. The Bertz CT molecular complexity index is 511. The number of rotatable bonds is 6. The minimum atomic E-state index is -3.62. The van der Waals surface area contributed by atoms with Gasteiger partial charge in [0, 0.05) is 12.4 Å². The van der Waals surface area contributed by atoms with E-state index in [9.17, 15) is 8.42 Å². The van der Waals surface area contributed by atoms with E-state index in [1.165, 1.54) is 6.07 Å². The molecule has 0 radical (unpaired) electrons. The van der Waals surface area contributed by atoms with Crippen LogP contribution in [0.25, 0.3) is 0 Å². The highest BCUT2D eigenvalue weighted by Crippen LogP contribution is 2.34. The maximum absolute atomic E-state index is 12.0. The zero-order valence-corrected chi connectivity index (χ0v) is 13.9. The molecule has 0 unspecified atom stereocenters. The van der Waals surface area contributed by atoms with Crippen LogP contribution in [0.3, 0.4) is 0 Å². The third-order valence-corrected chi connectivity index (χ3v) is 5.77. The van der Waals surface area contributed by atoms with Crippen molar-refractivity contribution in [2.75, 3.05) is 12.4 Å². The molecule has 104 valence electrons. The van der Waals surface area contributed by atoms with Crippen molar-refractivity contribution in [3.8, 4) is 0 Å². The van der Waals surface area contributed by atoms with E-state index >= 15 is 0 Å². The molecule has 0 fully saturated rings. The quantitative estimate of drug-likeness (QED) is 0.789. The molecule has 1 aromatic heterocycles. The lowest BCUT2D eigenvalue weighted by molar-refractivity contribution is 0.352. The van der Waals surface area contributed by atoms with Gasteiger partial charge in [0.25, 0.3) is 0 Å². The lowest BCUT2D eigenvalue weighted by atomic mass is 9.91. The Balaban J connectivity index is 2.81. The first-order chi connectivity index (χ1) is 8.18. The molecule has 1 N–H and O–H groups in total. The fourth-order valence-electron chi connectivity index (χ4n) is 1.22. The van der Waals surface area contributed by atoms with E-state index in [4.69, 9.17) is 34.8 Å². The van der Waals surface area contributed by atoms with Crippen molar-refractivity contribution < 1.29 is 8.42 Å². The minimum absolute atomic E-state index is 0.0286. The van der Waals surface area contributed by atoms with Gasteiger partial charge in [-0.3, -0.25) is 0 Å². The van der Waals surface area contributed by atoms with Gasteiger partial charge in [-0.2, -0.15) is 0 Å². The molecule has 0 saturated heterocycles. The Labute approximate surface area is 126 Å². The van der Waals surface area contributed by atoms with Gasteiger partial charge in [0.05, 0.1) is 4.34 Å². The summed E-state index contributed by atoms with van der Waals surface area (Å²) in [5.74, 6) is 0.486. The molecule has 1 rings (SSSR count). The van der Waals surface area contributed by atoms with Crippen molar-refractivity contribution in [1.82, 2.24) is 4.72 Å². The lowest BCUT2D eigenvalue weighted by Crippen LogP contribution is -2.34. The van der Waals surface area contributed by atoms with E-state index in [-0.39, 0.29) is 14.6 Å². The highest BCUT2D eigenvalue weighted by molar-refractivity contribution is 7.89. The Morgan fingerprint density at radius 3 is 2.44 bits per heavy atom. The minimum Gasteiger partial charge on any atom is -0.211 e. The molecular formula is C10H14Cl3NO2S2. The second-order valence-corrected chi connectivity index (χ2v) is 9.02. The van der Waals surface area contributed by atoms with Gasteiger partial charge < -0.3 is 0 Å². The average molecular weight is 351 g/mol. The van der Waals surface area contributed by atoms with E-state index in [1.54, 1.807) is 0 Å². The summed E-state index contributed by atoms with van der Waals surface area (Å²) in [5, 5.41) is 0. The summed E-state index contributed by atoms with van der Waals surface area (Å²) in [6.07, 6.45) is 0.717. The molecule has 18 heavy (non-hydrogen) atoms. The van der Waals surface area contributed by atoms with Gasteiger partial charge in [0.15, 0.2) is 0 Å². The molecule has 0 aliphatic rings. The molecule has 0 bridgehead atoms. The van der Waals surface area contributed by atoms with Gasteiger partial charge in [-0.25, -0.2) is 13.1 Å². The number of alkyl halides is 1. The van der Waals surface area contributed by atoms with Crippen LogP contribution in [0.4, 0.5) is 0 Å². The van der Waals surface area contributed by atoms with Crippen molar-refractivity contribution in [3.63, 3.8) is 0 Å². The summed E-state index contributed by atoms with van der Waals surface area (Å²) < 4.78 is 27.1. The van der Waals surface area contributed by atoms with Gasteiger partial charge in [-0.15, -0.1) is 22.9 Å². The Kier molecular flexibility index (Phi) is 5.77. The van der Waals surface area contributed by atoms with Crippen molar-refractivity contribution >= 4 is 56.2 Å². The number of hydrogen-bond donors (Lipinski definition) is 1. The van der Waals surface area contributed by atoms with Crippen LogP contribution >= 0.6 is 46.1 Å². The number of halogens is 3. The summed E-state index contributed by atoms with van der Waals surface area (Å²) >= 11 is 18.3. The molecule has 8 heteroatoms. The lowest BCUT2D eigenvalue weighted by Gasteiger charge is -2.23. The van der Waals surface area contributed by atoms with E-state index in [0.717, 1.165) is 17.8 Å². The van der Waals surface area contributed by atoms with Crippen molar-refractivity contribution in [1.29, 1.82) is 0 Å². The first kappa shape index (κ1) is 16.5. The summed E-state index contributed by atoms with van der Waals surface area (Å²) in [4.78, 5) is 0.0286. The molecule has 0 aliphatic carbocycles. The van der Waals surface area contributed by atoms with Crippen LogP contribution < -0.4 is 4.72 Å². The predicted molar refractivity (Wildman–Crippen MR) is 78.6 cm³/mol. The molecule has 0 aliphatic heterocycles. The van der Waals surface area contributed by atoms with Gasteiger partial charge in [0.1, 0.15) is 9.23 Å². The maximum Gasteiger partial charge on any atom is 0.242 e. The monoisotopic (exact) mass is 349 g/mol. The Morgan fingerprint density at radius 1 is 1.39 bits per heavy atom. The molecule has 0 spiro atoms. The van der Waals surface area contributed by atoms with Gasteiger partial charge in [0.2, 0.25) is 10.0 Å². The van der Waals surface area contributed by atoms with E-state index in [1.807, 2.05) is 13.8 Å². The molecular weight excluding hydrogens is 337 g/mol. The molecule has 0 amide bonds. The fraction of sp³-hybridized carbons (Fsp3) is 0.600. The molecule has 3 nitrogen and oxygen atoms in total. The summed E-state index contributed by atoms with van der Waals surface area (Å²) in [5.41, 5.74) is -0.207. The standard InChI is InChI=1S/C10H14Cl3NO2S2/c1-10(2,3-4-11)6-14-18(15,16)7-5-8(12)17-9(7)13/h5,14H,3-4,6H2,1-2H3. The van der Waals surface area contributed by atoms with Crippen molar-refractivity contribution in [3.05, 3.63) is 14.7 Å². The second-order valence-electron chi connectivity index (χ2n) is 4.62. The Hall–Kier alpha value is 0.480. The molecule has 0 aromatic carbocycles. The van der Waals surface area contributed by atoms with Crippen LogP contribution in [-0.4, -0.2) is 20.8 Å². The van der Waals surface area contributed by atoms with E-state index in [0.29, 0.717) is 16.8 Å². The van der Waals surface area contributed by atoms with Gasteiger partial charge in [-0.1, -0.05) is 37.0 Å². The topological polar surface area (TPSA) is 46.2 Å². The van der Waals surface area contributed by atoms with Crippen LogP contribution in [0.5, 0.6) is 0 Å². The van der Waals surface area contributed by atoms with Crippen molar-refractivity contribution in [2.24, 2.45) is 5.41 Å². The number of thiophene rings is 1. The van der Waals surface area contributed by atoms with E-state index < -0.39 is 10.0 Å². The highest BCUT2D eigenvalue weighted by Gasteiger charge is 2.24. The molecule has 0 atom stereocenters. The fourth-order valence-corrected chi connectivity index (χ4v) is 5.12. The zero-order valence-electron chi connectivity index (χ0n) is 9.97. The summed E-state index contributed by atoms with van der Waals surface area (Å²) in [7, 11) is -3.62. The molecule has 1 heterocycles. The number of sulfonamides is 1. The predicted octanol–water partition coefficient (Wildman–Crippen LogP) is 3.99. The first-order valence-electron chi connectivity index (χ1n) is 5.18. The Morgan fingerprint density at radius 2 is 2.00 bits per heavy atom. The van der Waals surface area contributed by atoms with Crippen LogP contribution in [0.2, 0.25) is 8.67 Å². The second kappa shape index (κ2) is 6.29. The largest absolute Gasteiger partial charge is 0.242 e. The highest BCUT2D eigenvalue weighted by atomic mass is 35.5. The van der Waals surface area contributed by atoms with Gasteiger partial charge >= 0.3 is 0 Å². The zero-order chi connectivity index (χ0) is 14.0. The van der Waals surface area contributed by atoms with Gasteiger partial charge in [-0.05, 0) is 17.9 Å². The maximum atomic E-state index is 12.0. The van der Waals surface area contributed by atoms with Crippen molar-refractivity contribution in [2.45, 2.75) is 25.2 Å². The van der Waals surface area contributed by atoms with Crippen LogP contribution in [0.15, 0.2) is 11.0 Å². The average Bonchev–Trinajstić information content (AvgIpc) is 2.56. The van der Waals surface area contributed by atoms with Crippen LogP contribution in [-0.2, 0) is 10.0 Å². The van der Waals surface area contributed by atoms with Crippen LogP contribution in [0, 0.1) is 5.41 Å². The first-order valence-corrected chi connectivity index (χ1v) is 8.77. The SMILES string of the molecule is CC(C)(CCCl)CNS(=O)(=O)c1cc(Cl)sc1Cl. The third-order valence-electron chi connectivity index (χ3n) is 2.43. The van der Waals surface area contributed by atoms with Crippen LogP contribution in [0.1, 0.15) is 20.3 Å². The number of hydrogen-bond acceptors (Lipinski definition) is 3. The smallest absolute Gasteiger partial charge is 0.211 e. The normalized spacial score (nSPS) is 12.9. The third kappa shape index (κ3) is 4.54. The molecule has 1 aromatic rings. The number of nitrogens with one attached hydrogen (secondary N) is 1.